The van der Waals surface area contributed by atoms with Crippen molar-refractivity contribution in [3.8, 4) is 0 Å². The number of nitrogens with one attached hydrogen (secondary N) is 3. The van der Waals surface area contributed by atoms with Crippen LogP contribution in [-0.4, -0.2) is 87.9 Å². The highest BCUT2D eigenvalue weighted by molar-refractivity contribution is 6.39. The van der Waals surface area contributed by atoms with Gasteiger partial charge in [0.15, 0.2) is 0 Å². The Morgan fingerprint density at radius 1 is 0.936 bits per heavy atom. The summed E-state index contributed by atoms with van der Waals surface area (Å²) in [6.45, 7) is 20.2. The monoisotopic (exact) mass is 660 g/mol. The maximum Gasteiger partial charge on any atom is 0.315 e. The van der Waals surface area contributed by atoms with Crippen LogP contribution in [0.5, 0.6) is 0 Å². The molecule has 0 aromatic heterocycles. The molecule has 3 aliphatic rings. The Balaban J connectivity index is 1.81. The number of ketones is 1. The molecule has 0 aromatic rings. The number of carbonyl (C=O) groups is 7. The number of amides is 7. The van der Waals surface area contributed by atoms with Gasteiger partial charge in [0.25, 0.3) is 5.91 Å². The van der Waals surface area contributed by atoms with Crippen molar-refractivity contribution in [2.24, 2.45) is 39.7 Å². The Bertz CT molecular complexity index is 1290. The minimum Gasteiger partial charge on any atom is -0.363 e. The van der Waals surface area contributed by atoms with Gasteiger partial charge in [-0.2, -0.15) is 0 Å². The molecule has 13 heteroatoms. The summed E-state index contributed by atoms with van der Waals surface area (Å²) in [5.74, 6) is -4.00. The molecule has 3 rings (SSSR count). The van der Waals surface area contributed by atoms with Gasteiger partial charge in [-0.15, -0.1) is 0 Å². The SMILES string of the molecule is CC[C@@H](C)[C@@](C)(NC(=O)[C@@H]1[C@H]2C[C@H]2CN1C(=O)[C@@H](NC(=O)N[C@H](CN1C(=O)CC(C)(C)CC1=O)C(C)(C)C)C(C)(C)C)C(=O)C(N)=O. The molecule has 0 spiro atoms. The first-order valence-electron chi connectivity index (χ1n) is 16.7. The van der Waals surface area contributed by atoms with Gasteiger partial charge in [-0.1, -0.05) is 75.7 Å². The fourth-order valence-corrected chi connectivity index (χ4v) is 6.70. The zero-order valence-corrected chi connectivity index (χ0v) is 30.0. The Hall–Kier alpha value is -3.51. The van der Waals surface area contributed by atoms with Gasteiger partial charge in [0.05, 0.1) is 6.04 Å². The van der Waals surface area contributed by atoms with E-state index in [4.69, 9.17) is 5.73 Å². The predicted octanol–water partition coefficient (Wildman–Crippen LogP) is 2.11. The number of carbonyl (C=O) groups excluding carboxylic acids is 7. The fourth-order valence-electron chi connectivity index (χ4n) is 6.70. The molecule has 264 valence electrons. The first-order valence-corrected chi connectivity index (χ1v) is 16.7. The van der Waals surface area contributed by atoms with E-state index in [1.807, 2.05) is 41.5 Å². The summed E-state index contributed by atoms with van der Waals surface area (Å²) in [5, 5.41) is 8.52. The highest BCUT2D eigenvalue weighted by Gasteiger charge is 2.59. The maximum atomic E-state index is 14.2. The van der Waals surface area contributed by atoms with E-state index in [0.29, 0.717) is 13.0 Å². The molecule has 1 saturated carbocycles. The van der Waals surface area contributed by atoms with Gasteiger partial charge in [-0.25, -0.2) is 4.79 Å². The molecule has 7 atom stereocenters. The molecular weight excluding hydrogens is 604 g/mol. The number of nitrogens with zero attached hydrogens (tertiary/aromatic N) is 2. The number of fused-ring (bicyclic) bond motifs is 1. The van der Waals surface area contributed by atoms with E-state index in [2.05, 4.69) is 16.0 Å². The van der Waals surface area contributed by atoms with Gasteiger partial charge in [0, 0.05) is 25.9 Å². The molecule has 0 radical (unpaired) electrons. The Morgan fingerprint density at radius 2 is 1.49 bits per heavy atom. The van der Waals surface area contributed by atoms with Crippen molar-refractivity contribution in [1.82, 2.24) is 25.8 Å². The van der Waals surface area contributed by atoms with E-state index in [0.717, 1.165) is 6.42 Å². The van der Waals surface area contributed by atoms with Crippen LogP contribution in [-0.2, 0) is 28.8 Å². The van der Waals surface area contributed by atoms with Crippen LogP contribution >= 0.6 is 0 Å². The van der Waals surface area contributed by atoms with Gasteiger partial charge in [0.2, 0.25) is 29.4 Å². The Labute approximate surface area is 278 Å². The lowest BCUT2D eigenvalue weighted by Gasteiger charge is -2.41. The number of rotatable bonds is 11. The first-order chi connectivity index (χ1) is 21.3. The largest absolute Gasteiger partial charge is 0.363 e. The Morgan fingerprint density at radius 3 is 1.96 bits per heavy atom. The lowest BCUT2D eigenvalue weighted by Crippen LogP contribution is -2.65. The molecule has 13 nitrogen and oxygen atoms in total. The quantitative estimate of drug-likeness (QED) is 0.193. The number of primary amides is 1. The summed E-state index contributed by atoms with van der Waals surface area (Å²) < 4.78 is 0. The minimum atomic E-state index is -1.55. The van der Waals surface area contributed by atoms with Crippen LogP contribution < -0.4 is 21.7 Å². The maximum absolute atomic E-state index is 14.2. The standard InChI is InChI=1S/C34H56N6O7/c1-12-18(2)34(11,26(43)27(35)44)38-28(45)24-20-13-19(20)16-40(24)29(46)25(32(6,7)8)37-30(47)36-21(31(3,4)5)17-39-22(41)14-33(9,10)15-23(39)42/h18-21,24-25H,12-17H2,1-11H3,(H2,35,44)(H,38,45)(H2,36,37,47)/t18-,19+,20+,21-,24+,25-,34-/m1/s1. The van der Waals surface area contributed by atoms with Gasteiger partial charge >= 0.3 is 6.03 Å². The smallest absolute Gasteiger partial charge is 0.315 e. The summed E-state index contributed by atoms with van der Waals surface area (Å²) in [7, 11) is 0. The summed E-state index contributed by atoms with van der Waals surface area (Å²) in [6, 6.07) is -3.18. The minimum absolute atomic E-state index is 0.00446. The van der Waals surface area contributed by atoms with Crippen LogP contribution in [0.1, 0.15) is 102 Å². The lowest BCUT2D eigenvalue weighted by molar-refractivity contribution is -0.153. The van der Waals surface area contributed by atoms with Crippen molar-refractivity contribution < 1.29 is 33.6 Å². The number of nitrogens with two attached hydrogens (primary N) is 1. The van der Waals surface area contributed by atoms with Crippen molar-refractivity contribution in [1.29, 1.82) is 0 Å². The number of imide groups is 1. The van der Waals surface area contributed by atoms with Crippen molar-refractivity contribution in [2.75, 3.05) is 13.1 Å². The molecule has 2 heterocycles. The van der Waals surface area contributed by atoms with Crippen molar-refractivity contribution in [3.63, 3.8) is 0 Å². The number of hydrogen-bond acceptors (Lipinski definition) is 7. The van der Waals surface area contributed by atoms with Crippen LogP contribution in [0.3, 0.4) is 0 Å². The van der Waals surface area contributed by atoms with Gasteiger partial charge in [-0.05, 0) is 47.3 Å². The summed E-state index contributed by atoms with van der Waals surface area (Å²) >= 11 is 0. The average molecular weight is 661 g/mol. The number of likely N-dealkylation sites (tertiary alicyclic amines) is 2. The molecule has 0 bridgehead atoms. The zero-order valence-electron chi connectivity index (χ0n) is 30.0. The molecule has 1 aliphatic carbocycles. The van der Waals surface area contributed by atoms with E-state index in [1.165, 1.54) is 16.7 Å². The summed E-state index contributed by atoms with van der Waals surface area (Å²) in [5.41, 5.74) is 2.05. The van der Waals surface area contributed by atoms with E-state index in [1.54, 1.807) is 27.7 Å². The summed E-state index contributed by atoms with van der Waals surface area (Å²) in [6.07, 6.45) is 1.69. The predicted molar refractivity (Wildman–Crippen MR) is 175 cm³/mol. The lowest BCUT2D eigenvalue weighted by atomic mass is 9.80. The van der Waals surface area contributed by atoms with Crippen LogP contribution in [0.15, 0.2) is 0 Å². The molecule has 47 heavy (non-hydrogen) atoms. The van der Waals surface area contributed by atoms with Crippen LogP contribution in [0, 0.1) is 34.0 Å². The van der Waals surface area contributed by atoms with E-state index >= 15 is 0 Å². The van der Waals surface area contributed by atoms with Crippen LogP contribution in [0.2, 0.25) is 0 Å². The third kappa shape index (κ3) is 8.32. The second-order valence-corrected chi connectivity index (χ2v) is 17.0. The van der Waals surface area contributed by atoms with E-state index in [-0.39, 0.29) is 43.0 Å². The van der Waals surface area contributed by atoms with Crippen LogP contribution in [0.4, 0.5) is 4.79 Å². The van der Waals surface area contributed by atoms with Crippen molar-refractivity contribution in [3.05, 3.63) is 0 Å². The highest BCUT2D eigenvalue weighted by atomic mass is 16.2. The third-order valence-corrected chi connectivity index (χ3v) is 10.3. The fraction of sp³-hybridized carbons (Fsp3) is 0.794. The highest BCUT2D eigenvalue weighted by Crippen LogP contribution is 2.50. The molecule has 2 aliphatic heterocycles. The molecule has 5 N–H and O–H groups in total. The number of piperidine rings is 2. The molecule has 3 fully saturated rings. The number of Topliss-reactive ketones (excluding diaryl/α,β-unsaturated/α-hetero) is 1. The Kier molecular flexibility index (Phi) is 10.6. The second kappa shape index (κ2) is 13.2. The first kappa shape index (κ1) is 37.9. The number of urea groups is 1. The van der Waals surface area contributed by atoms with E-state index in [9.17, 15) is 33.6 Å². The normalized spacial score (nSPS) is 25.6. The molecule has 0 unspecified atom stereocenters. The molecule has 7 amide bonds. The van der Waals surface area contributed by atoms with Gasteiger partial charge in [-0.3, -0.25) is 33.7 Å². The molecule has 2 saturated heterocycles. The topological polar surface area (TPSA) is 188 Å². The zero-order chi connectivity index (χ0) is 36.0. The summed E-state index contributed by atoms with van der Waals surface area (Å²) in [4.78, 5) is 94.9. The third-order valence-electron chi connectivity index (χ3n) is 10.3. The van der Waals surface area contributed by atoms with Gasteiger partial charge < -0.3 is 26.6 Å². The van der Waals surface area contributed by atoms with E-state index < -0.39 is 75.4 Å². The van der Waals surface area contributed by atoms with Crippen molar-refractivity contribution in [2.45, 2.75) is 126 Å². The molecular formula is C34H56N6O7. The van der Waals surface area contributed by atoms with Crippen molar-refractivity contribution >= 4 is 41.4 Å². The number of hydrogen-bond donors (Lipinski definition) is 4. The average Bonchev–Trinajstić information content (AvgIpc) is 3.58. The van der Waals surface area contributed by atoms with Gasteiger partial charge in [0.1, 0.15) is 17.6 Å². The molecule has 0 aromatic carbocycles. The van der Waals surface area contributed by atoms with Crippen LogP contribution in [0.25, 0.3) is 0 Å². The second-order valence-electron chi connectivity index (χ2n) is 17.0.